The molecule has 3 heterocycles. The number of aliphatic hydroxyl groups excluding tert-OH is 3. The number of thioether (sulfide) groups is 1. The van der Waals surface area contributed by atoms with Gasteiger partial charge in [0.2, 0.25) is 0 Å². The number of imidazole rings is 1. The summed E-state index contributed by atoms with van der Waals surface area (Å²) in [5, 5.41) is 32.1. The smallest absolute Gasteiger partial charge is 0.338 e. The normalized spacial score (nSPS) is 21.6. The largest absolute Gasteiger partial charge is 0.491 e. The van der Waals surface area contributed by atoms with E-state index in [1.54, 1.807) is 31.2 Å². The highest BCUT2D eigenvalue weighted by atomic mass is 32.2. The molecule has 4 rings (SSSR count). The van der Waals surface area contributed by atoms with Crippen molar-refractivity contribution in [1.82, 2.24) is 19.5 Å². The van der Waals surface area contributed by atoms with Gasteiger partial charge in [-0.25, -0.2) is 19.7 Å². The molecule has 0 spiro atoms. The highest BCUT2D eigenvalue weighted by molar-refractivity contribution is 7.99. The first-order valence-electron chi connectivity index (χ1n) is 12.0. The first-order chi connectivity index (χ1) is 18.7. The Balaban J connectivity index is 1.45. The van der Waals surface area contributed by atoms with Gasteiger partial charge in [-0.05, 0) is 31.2 Å². The number of hydrogen-bond acceptors (Lipinski definition) is 14. The van der Waals surface area contributed by atoms with Gasteiger partial charge < -0.3 is 40.0 Å². The van der Waals surface area contributed by atoms with Gasteiger partial charge >= 0.3 is 11.9 Å². The minimum Gasteiger partial charge on any atom is -0.491 e. The number of benzene rings is 1. The lowest BCUT2D eigenvalue weighted by molar-refractivity contribution is -0.147. The summed E-state index contributed by atoms with van der Waals surface area (Å²) in [4.78, 5) is 35.6. The fourth-order valence-electron chi connectivity index (χ4n) is 3.83. The Kier molecular flexibility index (Phi) is 9.19. The van der Waals surface area contributed by atoms with E-state index >= 15 is 0 Å². The molecular weight excluding hydrogens is 534 g/mol. The molecule has 1 aliphatic heterocycles. The van der Waals surface area contributed by atoms with E-state index in [0.717, 1.165) is 11.8 Å². The van der Waals surface area contributed by atoms with Crippen LogP contribution in [0.15, 0.2) is 35.7 Å². The molecule has 39 heavy (non-hydrogen) atoms. The van der Waals surface area contributed by atoms with Crippen LogP contribution in [0.3, 0.4) is 0 Å². The molecule has 0 bridgehead atoms. The second-order valence-electron chi connectivity index (χ2n) is 8.57. The van der Waals surface area contributed by atoms with Gasteiger partial charge in [0.25, 0.3) is 0 Å². The molecule has 5 atom stereocenters. The summed E-state index contributed by atoms with van der Waals surface area (Å²) in [5.74, 6) is -0.312. The van der Waals surface area contributed by atoms with Crippen molar-refractivity contribution in [3.63, 3.8) is 0 Å². The molecule has 210 valence electrons. The van der Waals surface area contributed by atoms with Crippen molar-refractivity contribution in [2.24, 2.45) is 0 Å². The van der Waals surface area contributed by atoms with Crippen LogP contribution in [0.4, 0.5) is 5.82 Å². The average Bonchev–Trinajstić information content (AvgIpc) is 3.42. The molecule has 1 unspecified atom stereocenters. The maximum Gasteiger partial charge on any atom is 0.338 e. The zero-order valence-electron chi connectivity index (χ0n) is 21.2. The van der Waals surface area contributed by atoms with Crippen molar-refractivity contribution >= 4 is 40.7 Å². The van der Waals surface area contributed by atoms with Crippen LogP contribution in [-0.4, -0.2) is 96.8 Å². The topological polar surface area (TPSA) is 201 Å². The Bertz CT molecular complexity index is 1310. The van der Waals surface area contributed by atoms with Gasteiger partial charge in [0.1, 0.15) is 43.6 Å². The highest BCUT2D eigenvalue weighted by Gasteiger charge is 2.45. The molecule has 1 saturated heterocycles. The van der Waals surface area contributed by atoms with Crippen molar-refractivity contribution in [2.75, 3.05) is 31.3 Å². The second kappa shape index (κ2) is 12.6. The minimum atomic E-state index is -1.40. The number of aromatic nitrogens is 4. The van der Waals surface area contributed by atoms with Crippen LogP contribution < -0.4 is 10.5 Å². The monoisotopic (exact) mass is 563 g/mol. The summed E-state index contributed by atoms with van der Waals surface area (Å²) in [6, 6.07) is 6.34. The lowest BCUT2D eigenvalue weighted by atomic mass is 10.1. The van der Waals surface area contributed by atoms with Crippen LogP contribution >= 0.6 is 11.8 Å². The average molecular weight is 564 g/mol. The maximum absolute atomic E-state index is 11.8. The molecule has 0 radical (unpaired) electrons. The van der Waals surface area contributed by atoms with Gasteiger partial charge in [0.15, 0.2) is 28.4 Å². The first kappa shape index (κ1) is 28.5. The number of nitrogens with two attached hydrogens (primary N) is 1. The summed E-state index contributed by atoms with van der Waals surface area (Å²) in [5.41, 5.74) is 6.87. The van der Waals surface area contributed by atoms with Crippen LogP contribution in [0.25, 0.3) is 11.2 Å². The van der Waals surface area contributed by atoms with Crippen LogP contribution in [0.5, 0.6) is 5.75 Å². The number of rotatable bonds is 11. The number of carbonyl (C=O) groups excluding carboxylic acids is 2. The fraction of sp³-hybridized carbons (Fsp3) is 0.458. The molecule has 5 N–H and O–H groups in total. The molecule has 1 aromatic carbocycles. The molecule has 0 saturated carbocycles. The summed E-state index contributed by atoms with van der Waals surface area (Å²) in [6.07, 6.45) is -4.57. The van der Waals surface area contributed by atoms with Crippen LogP contribution in [0.1, 0.15) is 30.4 Å². The number of nitrogens with zero attached hydrogens (tertiary/aromatic N) is 4. The number of fused-ring (bicyclic) bond motifs is 1. The predicted octanol–water partition coefficient (Wildman–Crippen LogP) is 0.300. The Morgan fingerprint density at radius 1 is 1.18 bits per heavy atom. The number of hydrogen-bond donors (Lipinski definition) is 4. The van der Waals surface area contributed by atoms with Crippen molar-refractivity contribution in [3.05, 3.63) is 36.2 Å². The standard InChI is InChI=1S/C24H29N5O9S/c1-3-35-23(34)13-4-6-15(7-5-13)37-8-14(31)10-39-24-28-17-20(25)26-11-27-21(17)29(24)22-19(33)18(32)16(38-22)9-36-12(2)30/h4-7,11,14,16,18-19,22,31-33H,3,8-10H2,1-2H3,(H2,25,26,27)/t14?,16-,18-,19-,22-/m1/s1. The lowest BCUT2D eigenvalue weighted by Crippen LogP contribution is -2.34. The van der Waals surface area contributed by atoms with Crippen LogP contribution in [0, 0.1) is 0 Å². The van der Waals surface area contributed by atoms with Crippen molar-refractivity contribution in [3.8, 4) is 5.75 Å². The number of carbonyl (C=O) groups is 2. The van der Waals surface area contributed by atoms with E-state index in [4.69, 9.17) is 24.7 Å². The summed E-state index contributed by atoms with van der Waals surface area (Å²) >= 11 is 1.13. The van der Waals surface area contributed by atoms with E-state index in [0.29, 0.717) is 16.5 Å². The summed E-state index contributed by atoms with van der Waals surface area (Å²) in [7, 11) is 0. The summed E-state index contributed by atoms with van der Waals surface area (Å²) < 4.78 is 22.8. The van der Waals surface area contributed by atoms with Crippen molar-refractivity contribution < 1.29 is 43.9 Å². The van der Waals surface area contributed by atoms with Crippen molar-refractivity contribution in [2.45, 2.75) is 49.6 Å². The molecule has 14 nitrogen and oxygen atoms in total. The van der Waals surface area contributed by atoms with E-state index in [1.807, 2.05) is 0 Å². The number of anilines is 1. The molecule has 0 amide bonds. The number of aliphatic hydroxyl groups is 3. The van der Waals surface area contributed by atoms with E-state index in [1.165, 1.54) is 17.8 Å². The molecule has 1 aliphatic rings. The molecule has 1 fully saturated rings. The molecular formula is C24H29N5O9S. The zero-order chi connectivity index (χ0) is 28.1. The number of nitrogen functional groups attached to an aromatic ring is 1. The molecule has 2 aromatic heterocycles. The maximum atomic E-state index is 11.8. The van der Waals surface area contributed by atoms with E-state index in [-0.39, 0.29) is 42.6 Å². The van der Waals surface area contributed by atoms with Gasteiger partial charge in [-0.1, -0.05) is 11.8 Å². The van der Waals surface area contributed by atoms with Gasteiger partial charge in [0, 0.05) is 12.7 Å². The Labute approximate surface area is 227 Å². The molecule has 3 aromatic rings. The van der Waals surface area contributed by atoms with Crippen molar-refractivity contribution in [1.29, 1.82) is 0 Å². The van der Waals surface area contributed by atoms with Gasteiger partial charge in [-0.15, -0.1) is 0 Å². The van der Waals surface area contributed by atoms with E-state index in [2.05, 4.69) is 15.0 Å². The van der Waals surface area contributed by atoms with Crippen LogP contribution in [-0.2, 0) is 19.0 Å². The quantitative estimate of drug-likeness (QED) is 0.183. The Morgan fingerprint density at radius 3 is 2.62 bits per heavy atom. The number of esters is 2. The fourth-order valence-corrected chi connectivity index (χ4v) is 4.75. The summed E-state index contributed by atoms with van der Waals surface area (Å²) in [6.45, 7) is 2.91. The second-order valence-corrected chi connectivity index (χ2v) is 9.55. The number of ether oxygens (including phenoxy) is 4. The Morgan fingerprint density at radius 2 is 1.92 bits per heavy atom. The first-order valence-corrected chi connectivity index (χ1v) is 13.0. The molecule has 0 aliphatic carbocycles. The minimum absolute atomic E-state index is 0.0559. The zero-order valence-corrected chi connectivity index (χ0v) is 22.0. The Hall–Kier alpha value is -3.50. The van der Waals surface area contributed by atoms with Crippen LogP contribution in [0.2, 0.25) is 0 Å². The molecule has 15 heteroatoms. The predicted molar refractivity (Wildman–Crippen MR) is 137 cm³/mol. The third-order valence-electron chi connectivity index (χ3n) is 5.73. The third-order valence-corrected chi connectivity index (χ3v) is 6.83. The van der Waals surface area contributed by atoms with Gasteiger partial charge in [-0.3, -0.25) is 9.36 Å². The highest BCUT2D eigenvalue weighted by Crippen LogP contribution is 2.36. The van der Waals surface area contributed by atoms with Gasteiger partial charge in [-0.2, -0.15) is 0 Å². The lowest BCUT2D eigenvalue weighted by Gasteiger charge is -2.19. The van der Waals surface area contributed by atoms with Gasteiger partial charge in [0.05, 0.1) is 18.3 Å². The van der Waals surface area contributed by atoms with E-state index < -0.39 is 42.6 Å². The van der Waals surface area contributed by atoms with E-state index in [9.17, 15) is 24.9 Å². The third kappa shape index (κ3) is 6.57. The SMILES string of the molecule is CCOC(=O)c1ccc(OCC(O)CSc2nc3c(N)ncnc3n2[C@@H]2O[C@H](COC(C)=O)[C@@H](O)[C@H]2O)cc1.